The van der Waals surface area contributed by atoms with E-state index < -0.39 is 0 Å². The van der Waals surface area contributed by atoms with Gasteiger partial charge in [0.15, 0.2) is 0 Å². The number of carbonyl (C=O) groups is 2. The number of hydrogen-bond acceptors (Lipinski definition) is 4. The van der Waals surface area contributed by atoms with Gasteiger partial charge in [-0.2, -0.15) is 0 Å². The van der Waals surface area contributed by atoms with Gasteiger partial charge in [0, 0.05) is 19.6 Å². The minimum atomic E-state index is -0.273. The Bertz CT molecular complexity index is 588. The molecule has 0 aromatic heterocycles. The van der Waals surface area contributed by atoms with Crippen LogP contribution in [-0.4, -0.2) is 55.0 Å². The minimum Gasteiger partial charge on any atom is -0.497 e. The number of nitrogens with zero attached hydrogens (tertiary/aromatic N) is 2. The largest absolute Gasteiger partial charge is 0.497 e. The fourth-order valence-electron chi connectivity index (χ4n) is 3.05. The van der Waals surface area contributed by atoms with Gasteiger partial charge in [-0.3, -0.25) is 14.6 Å². The van der Waals surface area contributed by atoms with Crippen LogP contribution in [0.4, 0.5) is 4.79 Å². The predicted octanol–water partition coefficient (Wildman–Crippen LogP) is 0.995. The first kappa shape index (κ1) is 14.8. The Labute approximate surface area is 130 Å². The van der Waals surface area contributed by atoms with Crippen molar-refractivity contribution in [2.75, 3.05) is 33.3 Å². The van der Waals surface area contributed by atoms with Crippen LogP contribution in [0.3, 0.4) is 0 Å². The van der Waals surface area contributed by atoms with Crippen molar-refractivity contribution in [1.82, 2.24) is 15.1 Å². The number of fused-ring (bicyclic) bond motifs is 1. The molecule has 3 rings (SSSR count). The van der Waals surface area contributed by atoms with Crippen molar-refractivity contribution >= 4 is 11.9 Å². The maximum atomic E-state index is 12.3. The fourth-order valence-corrected chi connectivity index (χ4v) is 3.05. The van der Waals surface area contributed by atoms with Crippen molar-refractivity contribution < 1.29 is 14.3 Å². The molecule has 2 aliphatic heterocycles. The molecule has 118 valence electrons. The number of hydrogen-bond donors (Lipinski definition) is 1. The molecule has 0 spiro atoms. The second-order valence-corrected chi connectivity index (χ2v) is 5.73. The van der Waals surface area contributed by atoms with Gasteiger partial charge in [-0.1, -0.05) is 6.07 Å². The van der Waals surface area contributed by atoms with Gasteiger partial charge in [0.25, 0.3) is 0 Å². The van der Waals surface area contributed by atoms with Crippen LogP contribution < -0.4 is 10.1 Å². The highest BCUT2D eigenvalue weighted by molar-refractivity contribution is 5.96. The van der Waals surface area contributed by atoms with E-state index in [0.29, 0.717) is 19.6 Å². The van der Waals surface area contributed by atoms with Gasteiger partial charge < -0.3 is 10.1 Å². The van der Waals surface area contributed by atoms with E-state index in [1.807, 2.05) is 6.07 Å². The highest BCUT2D eigenvalue weighted by atomic mass is 16.5. The lowest BCUT2D eigenvalue weighted by atomic mass is 10.0. The Kier molecular flexibility index (Phi) is 4.29. The normalized spacial score (nSPS) is 18.6. The summed E-state index contributed by atoms with van der Waals surface area (Å²) in [6.45, 7) is 2.91. The van der Waals surface area contributed by atoms with Crippen LogP contribution in [0, 0.1) is 0 Å². The first-order valence-corrected chi connectivity index (χ1v) is 7.63. The van der Waals surface area contributed by atoms with Gasteiger partial charge in [-0.15, -0.1) is 0 Å². The smallest absolute Gasteiger partial charge is 0.324 e. The molecule has 1 saturated heterocycles. The molecule has 2 aliphatic rings. The topological polar surface area (TPSA) is 61.9 Å². The average Bonchev–Trinajstić information content (AvgIpc) is 2.84. The van der Waals surface area contributed by atoms with E-state index >= 15 is 0 Å². The summed E-state index contributed by atoms with van der Waals surface area (Å²) in [5, 5.41) is 2.66. The van der Waals surface area contributed by atoms with Crippen LogP contribution in [0.5, 0.6) is 5.75 Å². The number of amides is 3. The zero-order valence-electron chi connectivity index (χ0n) is 12.8. The van der Waals surface area contributed by atoms with Crippen molar-refractivity contribution in [3.05, 3.63) is 29.3 Å². The molecule has 22 heavy (non-hydrogen) atoms. The third kappa shape index (κ3) is 3.06. The number of methoxy groups -OCH3 is 1. The Morgan fingerprint density at radius 2 is 2.18 bits per heavy atom. The van der Waals surface area contributed by atoms with Crippen LogP contribution >= 0.6 is 0 Å². The van der Waals surface area contributed by atoms with E-state index in [2.05, 4.69) is 22.3 Å². The van der Waals surface area contributed by atoms with E-state index in [1.54, 1.807) is 7.11 Å². The minimum absolute atomic E-state index is 0.119. The molecule has 2 heterocycles. The first-order chi connectivity index (χ1) is 10.7. The van der Waals surface area contributed by atoms with Crippen molar-refractivity contribution in [1.29, 1.82) is 0 Å². The van der Waals surface area contributed by atoms with Gasteiger partial charge in [0.1, 0.15) is 5.75 Å². The monoisotopic (exact) mass is 303 g/mol. The van der Waals surface area contributed by atoms with Crippen LogP contribution in [0.25, 0.3) is 0 Å². The summed E-state index contributed by atoms with van der Waals surface area (Å²) in [4.78, 5) is 27.2. The van der Waals surface area contributed by atoms with E-state index in [1.165, 1.54) is 16.0 Å². The molecule has 1 fully saturated rings. The molecule has 3 amide bonds. The lowest BCUT2D eigenvalue weighted by molar-refractivity contribution is -0.128. The van der Waals surface area contributed by atoms with Crippen LogP contribution in [0.2, 0.25) is 0 Å². The molecule has 1 aromatic rings. The highest BCUT2D eigenvalue weighted by Gasteiger charge is 2.27. The predicted molar refractivity (Wildman–Crippen MR) is 81.7 cm³/mol. The number of nitrogens with one attached hydrogen (secondary N) is 1. The molecule has 0 radical (unpaired) electrons. The zero-order chi connectivity index (χ0) is 15.5. The maximum absolute atomic E-state index is 12.3. The number of ether oxygens (including phenoxy) is 1. The van der Waals surface area contributed by atoms with Crippen molar-refractivity contribution in [3.63, 3.8) is 0 Å². The molecule has 6 nitrogen and oxygen atoms in total. The summed E-state index contributed by atoms with van der Waals surface area (Å²) in [5.74, 6) is 0.754. The number of imide groups is 1. The van der Waals surface area contributed by atoms with Gasteiger partial charge >= 0.3 is 6.03 Å². The Morgan fingerprint density at radius 3 is 2.91 bits per heavy atom. The highest BCUT2D eigenvalue weighted by Crippen LogP contribution is 2.23. The first-order valence-electron chi connectivity index (χ1n) is 7.63. The summed E-state index contributed by atoms with van der Waals surface area (Å²) >= 11 is 0. The van der Waals surface area contributed by atoms with Crippen LogP contribution in [0.1, 0.15) is 17.5 Å². The van der Waals surface area contributed by atoms with E-state index in [-0.39, 0.29) is 11.9 Å². The van der Waals surface area contributed by atoms with Gasteiger partial charge in [-0.25, -0.2) is 4.79 Å². The third-order valence-corrected chi connectivity index (χ3v) is 4.24. The summed E-state index contributed by atoms with van der Waals surface area (Å²) in [5.41, 5.74) is 2.52. The summed E-state index contributed by atoms with van der Waals surface area (Å²) in [6, 6.07) is 5.83. The Morgan fingerprint density at radius 1 is 1.32 bits per heavy atom. The summed E-state index contributed by atoms with van der Waals surface area (Å²) < 4.78 is 5.27. The summed E-state index contributed by atoms with van der Waals surface area (Å²) in [6.07, 6.45) is 1.99. The molecular formula is C16H21N3O3. The standard InChI is InChI=1S/C16H21N3O3/c1-22-14-5-4-13-10-18(7-2-3-12(13)9-14)11-15(20)19-8-6-17-16(19)21/h4-5,9H,2-3,6-8,10-11H2,1H3,(H,17,21). The van der Waals surface area contributed by atoms with Crippen molar-refractivity contribution in [2.24, 2.45) is 0 Å². The number of urea groups is 1. The van der Waals surface area contributed by atoms with Crippen molar-refractivity contribution in [2.45, 2.75) is 19.4 Å². The van der Waals surface area contributed by atoms with Gasteiger partial charge in [0.05, 0.1) is 13.7 Å². The second-order valence-electron chi connectivity index (χ2n) is 5.73. The number of carbonyl (C=O) groups excluding carboxylic acids is 2. The van der Waals surface area contributed by atoms with E-state index in [9.17, 15) is 9.59 Å². The SMILES string of the molecule is COc1ccc2c(c1)CCCN(CC(=O)N1CCNC1=O)C2. The molecule has 6 heteroatoms. The van der Waals surface area contributed by atoms with E-state index in [4.69, 9.17) is 4.74 Å². The third-order valence-electron chi connectivity index (χ3n) is 4.24. The zero-order valence-corrected chi connectivity index (χ0v) is 12.8. The van der Waals surface area contributed by atoms with Gasteiger partial charge in [-0.05, 0) is 42.6 Å². The molecule has 0 saturated carbocycles. The second kappa shape index (κ2) is 6.36. The van der Waals surface area contributed by atoms with Crippen LogP contribution in [-0.2, 0) is 17.8 Å². The molecule has 1 aromatic carbocycles. The van der Waals surface area contributed by atoms with Crippen molar-refractivity contribution in [3.8, 4) is 5.75 Å². The number of aryl methyl sites for hydroxylation is 1. The lowest BCUT2D eigenvalue weighted by Crippen LogP contribution is -2.41. The van der Waals surface area contributed by atoms with E-state index in [0.717, 1.165) is 31.7 Å². The number of rotatable bonds is 3. The Hall–Kier alpha value is -2.08. The molecule has 0 aliphatic carbocycles. The molecule has 0 bridgehead atoms. The fraction of sp³-hybridized carbons (Fsp3) is 0.500. The molecular weight excluding hydrogens is 282 g/mol. The molecule has 0 unspecified atom stereocenters. The molecule has 1 N–H and O–H groups in total. The lowest BCUT2D eigenvalue weighted by Gasteiger charge is -2.22. The van der Waals surface area contributed by atoms with Gasteiger partial charge in [0.2, 0.25) is 5.91 Å². The summed E-state index contributed by atoms with van der Waals surface area (Å²) in [7, 11) is 1.67. The average molecular weight is 303 g/mol. The maximum Gasteiger partial charge on any atom is 0.324 e. The Balaban J connectivity index is 1.68. The quantitative estimate of drug-likeness (QED) is 0.905. The number of benzene rings is 1. The van der Waals surface area contributed by atoms with Crippen LogP contribution in [0.15, 0.2) is 18.2 Å². The molecule has 0 atom stereocenters.